The van der Waals surface area contributed by atoms with E-state index >= 15 is 0 Å². The van der Waals surface area contributed by atoms with Crippen molar-refractivity contribution in [2.45, 2.75) is 19.8 Å². The van der Waals surface area contributed by atoms with Gasteiger partial charge in [0, 0.05) is 12.2 Å². The Hall–Kier alpha value is -3.26. The molecule has 140 valence electrons. The normalized spacial score (nSPS) is 13.7. The van der Waals surface area contributed by atoms with Gasteiger partial charge in [-0.3, -0.25) is 14.6 Å². The number of H-pyrrole nitrogens is 1. The SMILES string of the molecule is Cc1c(C(=O)N2CCCc3ccccc32)cnn1-c1nc2ccsc2c(=O)[nH]1. The van der Waals surface area contributed by atoms with Crippen LogP contribution in [0.15, 0.2) is 46.7 Å². The number of hydrogen-bond donors (Lipinski definition) is 1. The van der Waals surface area contributed by atoms with E-state index in [0.29, 0.717) is 34.0 Å². The van der Waals surface area contributed by atoms with Crippen molar-refractivity contribution in [2.24, 2.45) is 0 Å². The summed E-state index contributed by atoms with van der Waals surface area (Å²) in [7, 11) is 0. The number of amides is 1. The molecule has 4 aromatic rings. The van der Waals surface area contributed by atoms with Crippen molar-refractivity contribution in [2.75, 3.05) is 11.4 Å². The Morgan fingerprint density at radius 3 is 3.00 bits per heavy atom. The van der Waals surface area contributed by atoms with Gasteiger partial charge in [-0.2, -0.15) is 5.10 Å². The summed E-state index contributed by atoms with van der Waals surface area (Å²) in [4.78, 5) is 34.6. The van der Waals surface area contributed by atoms with Gasteiger partial charge in [-0.1, -0.05) is 18.2 Å². The summed E-state index contributed by atoms with van der Waals surface area (Å²) in [5, 5.41) is 6.16. The Labute approximate surface area is 164 Å². The second-order valence-electron chi connectivity index (χ2n) is 6.77. The van der Waals surface area contributed by atoms with Gasteiger partial charge < -0.3 is 4.90 Å². The second-order valence-corrected chi connectivity index (χ2v) is 7.69. The predicted molar refractivity (Wildman–Crippen MR) is 109 cm³/mol. The topological polar surface area (TPSA) is 83.9 Å². The van der Waals surface area contributed by atoms with E-state index in [4.69, 9.17) is 0 Å². The molecule has 1 aliphatic rings. The van der Waals surface area contributed by atoms with Gasteiger partial charge in [0.25, 0.3) is 11.5 Å². The van der Waals surface area contributed by atoms with E-state index in [1.54, 1.807) is 12.3 Å². The van der Waals surface area contributed by atoms with Crippen molar-refractivity contribution >= 4 is 33.1 Å². The highest BCUT2D eigenvalue weighted by atomic mass is 32.1. The molecule has 0 aliphatic carbocycles. The molecule has 0 saturated heterocycles. The third-order valence-electron chi connectivity index (χ3n) is 5.10. The number of thiophene rings is 1. The molecule has 28 heavy (non-hydrogen) atoms. The summed E-state index contributed by atoms with van der Waals surface area (Å²) in [5.74, 6) is 0.223. The highest BCUT2D eigenvalue weighted by Crippen LogP contribution is 2.28. The highest BCUT2D eigenvalue weighted by molar-refractivity contribution is 7.17. The van der Waals surface area contributed by atoms with E-state index in [1.807, 2.05) is 35.4 Å². The lowest BCUT2D eigenvalue weighted by Gasteiger charge is -2.29. The number of rotatable bonds is 2. The van der Waals surface area contributed by atoms with Crippen LogP contribution in [0.2, 0.25) is 0 Å². The molecule has 0 radical (unpaired) electrons. The van der Waals surface area contributed by atoms with E-state index in [-0.39, 0.29) is 11.5 Å². The molecule has 1 N–H and O–H groups in total. The van der Waals surface area contributed by atoms with Crippen molar-refractivity contribution in [1.82, 2.24) is 19.7 Å². The van der Waals surface area contributed by atoms with Crippen LogP contribution in [-0.2, 0) is 6.42 Å². The van der Waals surface area contributed by atoms with Crippen molar-refractivity contribution in [3.63, 3.8) is 0 Å². The lowest BCUT2D eigenvalue weighted by atomic mass is 10.0. The maximum atomic E-state index is 13.2. The Bertz CT molecular complexity index is 1270. The number of hydrogen-bond acceptors (Lipinski definition) is 5. The number of nitrogens with one attached hydrogen (secondary N) is 1. The fourth-order valence-electron chi connectivity index (χ4n) is 3.68. The molecule has 0 saturated carbocycles. The number of para-hydroxylation sites is 1. The molecule has 1 aromatic carbocycles. The number of anilines is 1. The summed E-state index contributed by atoms with van der Waals surface area (Å²) in [5.41, 5.74) is 3.70. The number of carbonyl (C=O) groups is 1. The molecule has 0 atom stereocenters. The Morgan fingerprint density at radius 2 is 2.11 bits per heavy atom. The fraction of sp³-hybridized carbons (Fsp3) is 0.200. The first-order valence-corrected chi connectivity index (χ1v) is 9.94. The van der Waals surface area contributed by atoms with Gasteiger partial charge in [0.1, 0.15) is 4.70 Å². The van der Waals surface area contributed by atoms with Crippen LogP contribution in [0.3, 0.4) is 0 Å². The zero-order valence-corrected chi connectivity index (χ0v) is 16.0. The largest absolute Gasteiger partial charge is 0.308 e. The zero-order valence-electron chi connectivity index (χ0n) is 15.2. The molecule has 8 heteroatoms. The van der Waals surface area contributed by atoms with Crippen LogP contribution in [0.1, 0.15) is 28.0 Å². The number of benzene rings is 1. The van der Waals surface area contributed by atoms with E-state index < -0.39 is 0 Å². The van der Waals surface area contributed by atoms with Gasteiger partial charge >= 0.3 is 0 Å². The quantitative estimate of drug-likeness (QED) is 0.569. The number of aryl methyl sites for hydroxylation is 1. The van der Waals surface area contributed by atoms with Gasteiger partial charge in [-0.15, -0.1) is 11.3 Å². The smallest absolute Gasteiger partial charge is 0.270 e. The molecule has 3 aromatic heterocycles. The van der Waals surface area contributed by atoms with Crippen LogP contribution in [0, 0.1) is 6.92 Å². The predicted octanol–water partition coefficient (Wildman–Crippen LogP) is 3.07. The van der Waals surface area contributed by atoms with E-state index in [1.165, 1.54) is 21.6 Å². The number of nitrogens with zero attached hydrogens (tertiary/aromatic N) is 4. The Morgan fingerprint density at radius 1 is 1.25 bits per heavy atom. The average molecular weight is 391 g/mol. The van der Waals surface area contributed by atoms with Gasteiger partial charge in [0.15, 0.2) is 0 Å². The summed E-state index contributed by atoms with van der Waals surface area (Å²) < 4.78 is 2.09. The van der Waals surface area contributed by atoms with Crippen LogP contribution < -0.4 is 10.5 Å². The molecule has 5 rings (SSSR count). The van der Waals surface area contributed by atoms with E-state index in [2.05, 4.69) is 21.1 Å². The maximum Gasteiger partial charge on any atom is 0.270 e. The molecule has 7 nitrogen and oxygen atoms in total. The summed E-state index contributed by atoms with van der Waals surface area (Å²) in [6.45, 7) is 2.49. The fourth-order valence-corrected chi connectivity index (χ4v) is 4.41. The molecule has 0 spiro atoms. The van der Waals surface area contributed by atoms with Crippen molar-refractivity contribution < 1.29 is 4.79 Å². The minimum absolute atomic E-state index is 0.0881. The van der Waals surface area contributed by atoms with Crippen molar-refractivity contribution in [1.29, 1.82) is 0 Å². The lowest BCUT2D eigenvalue weighted by Crippen LogP contribution is -2.35. The van der Waals surface area contributed by atoms with E-state index in [0.717, 1.165) is 18.5 Å². The first-order chi connectivity index (χ1) is 13.6. The summed E-state index contributed by atoms with van der Waals surface area (Å²) >= 11 is 1.35. The Kier molecular flexibility index (Phi) is 3.87. The van der Waals surface area contributed by atoms with Crippen LogP contribution in [0.25, 0.3) is 16.2 Å². The number of aromatic amines is 1. The molecule has 0 unspecified atom stereocenters. The third kappa shape index (κ3) is 2.56. The maximum absolute atomic E-state index is 13.2. The molecule has 0 bridgehead atoms. The van der Waals surface area contributed by atoms with Crippen LogP contribution >= 0.6 is 11.3 Å². The lowest BCUT2D eigenvalue weighted by molar-refractivity contribution is 0.0984. The third-order valence-corrected chi connectivity index (χ3v) is 6.00. The molecule has 4 heterocycles. The number of fused-ring (bicyclic) bond motifs is 2. The number of carbonyl (C=O) groups excluding carboxylic acids is 1. The van der Waals surface area contributed by atoms with Crippen molar-refractivity contribution in [3.8, 4) is 5.95 Å². The zero-order chi connectivity index (χ0) is 19.3. The summed E-state index contributed by atoms with van der Waals surface area (Å²) in [6.07, 6.45) is 3.45. The molecule has 1 amide bonds. The molecular formula is C20H17N5O2S. The Balaban J connectivity index is 1.55. The standard InChI is InChI=1S/C20H17N5O2S/c1-12-14(19(27)24-9-4-6-13-5-2-3-7-16(13)24)11-21-25(12)20-22-15-8-10-28-17(15)18(26)23-20/h2-3,5,7-8,10-11H,4,6,9H2,1H3,(H,22,23,26). The molecular weight excluding hydrogens is 374 g/mol. The first-order valence-electron chi connectivity index (χ1n) is 9.06. The molecule has 1 aliphatic heterocycles. The number of aromatic nitrogens is 4. The van der Waals surface area contributed by atoms with E-state index in [9.17, 15) is 9.59 Å². The van der Waals surface area contributed by atoms with Crippen LogP contribution in [0.4, 0.5) is 5.69 Å². The minimum Gasteiger partial charge on any atom is -0.308 e. The van der Waals surface area contributed by atoms with Gasteiger partial charge in [0.05, 0.1) is 23.0 Å². The molecule has 0 fully saturated rings. The van der Waals surface area contributed by atoms with Gasteiger partial charge in [-0.25, -0.2) is 9.67 Å². The highest BCUT2D eigenvalue weighted by Gasteiger charge is 2.26. The minimum atomic E-state index is -0.206. The average Bonchev–Trinajstić information content (AvgIpc) is 3.34. The second kappa shape index (κ2) is 6.42. The summed E-state index contributed by atoms with van der Waals surface area (Å²) in [6, 6.07) is 9.80. The van der Waals surface area contributed by atoms with Gasteiger partial charge in [-0.05, 0) is 42.8 Å². The van der Waals surface area contributed by atoms with Crippen LogP contribution in [0.5, 0.6) is 0 Å². The van der Waals surface area contributed by atoms with Crippen LogP contribution in [-0.4, -0.2) is 32.2 Å². The van der Waals surface area contributed by atoms with Crippen molar-refractivity contribution in [3.05, 3.63) is 69.1 Å². The first kappa shape index (κ1) is 16.9. The monoisotopic (exact) mass is 391 g/mol. The van der Waals surface area contributed by atoms with Gasteiger partial charge in [0.2, 0.25) is 5.95 Å².